The van der Waals surface area contributed by atoms with Gasteiger partial charge in [0.15, 0.2) is 11.5 Å². The van der Waals surface area contributed by atoms with Gasteiger partial charge in [0.25, 0.3) is 5.91 Å². The molecule has 0 aliphatic carbocycles. The Labute approximate surface area is 207 Å². The molecule has 0 aliphatic rings. The minimum absolute atomic E-state index is 0.107. The van der Waals surface area contributed by atoms with E-state index in [0.717, 1.165) is 5.56 Å². The number of nitro groups is 1. The van der Waals surface area contributed by atoms with E-state index in [1.54, 1.807) is 37.3 Å². The van der Waals surface area contributed by atoms with Crippen molar-refractivity contribution in [3.05, 3.63) is 93.0 Å². The second-order valence-corrected chi connectivity index (χ2v) is 7.43. The van der Waals surface area contributed by atoms with Gasteiger partial charge >= 0.3 is 11.7 Å². The molecule has 0 aromatic heterocycles. The van der Waals surface area contributed by atoms with Crippen molar-refractivity contribution in [2.75, 3.05) is 13.2 Å². The van der Waals surface area contributed by atoms with Crippen molar-refractivity contribution in [2.45, 2.75) is 20.8 Å². The molecule has 0 atom stereocenters. The van der Waals surface area contributed by atoms with Gasteiger partial charge in [0, 0.05) is 17.2 Å². The van der Waals surface area contributed by atoms with E-state index in [1.807, 2.05) is 13.8 Å². The number of amides is 1. The fourth-order valence-electron chi connectivity index (χ4n) is 3.16. The van der Waals surface area contributed by atoms with Gasteiger partial charge in [0.05, 0.1) is 29.9 Å². The molecular weight excluding hydrogens is 466 g/mol. The molecule has 0 heterocycles. The number of carbonyl (C=O) groups excluding carboxylic acids is 2. The third-order valence-corrected chi connectivity index (χ3v) is 4.88. The highest BCUT2D eigenvalue weighted by Gasteiger charge is 2.23. The van der Waals surface area contributed by atoms with Gasteiger partial charge in [0.2, 0.25) is 5.75 Å². The zero-order valence-corrected chi connectivity index (χ0v) is 20.0. The van der Waals surface area contributed by atoms with Crippen LogP contribution >= 0.6 is 0 Å². The summed E-state index contributed by atoms with van der Waals surface area (Å²) in [6, 6.07) is 15.4. The number of benzene rings is 3. The number of ether oxygens (including phenoxy) is 3. The summed E-state index contributed by atoms with van der Waals surface area (Å²) >= 11 is 0. The lowest BCUT2D eigenvalue weighted by molar-refractivity contribution is -0.385. The van der Waals surface area contributed by atoms with E-state index in [9.17, 15) is 19.7 Å². The summed E-state index contributed by atoms with van der Waals surface area (Å²) in [6.07, 6.45) is 1.17. The first-order valence-corrected chi connectivity index (χ1v) is 11.1. The van der Waals surface area contributed by atoms with E-state index >= 15 is 0 Å². The molecule has 0 aliphatic heterocycles. The smallest absolute Gasteiger partial charge is 0.343 e. The summed E-state index contributed by atoms with van der Waals surface area (Å²) in [4.78, 5) is 36.1. The minimum atomic E-state index is -0.841. The SMILES string of the molecule is CCOc1ccc(C(=O)Oc2c(/C=N/NC(=O)c3ccc(C)cc3)cccc2[N+](=O)[O-])cc1OCC. The second kappa shape index (κ2) is 12.1. The van der Waals surface area contributed by atoms with Gasteiger partial charge in [-0.1, -0.05) is 23.8 Å². The Morgan fingerprint density at radius 2 is 1.64 bits per heavy atom. The number of nitro benzene ring substituents is 1. The lowest BCUT2D eigenvalue weighted by Gasteiger charge is -2.12. The van der Waals surface area contributed by atoms with Crippen molar-refractivity contribution in [2.24, 2.45) is 5.10 Å². The van der Waals surface area contributed by atoms with Crippen LogP contribution in [0.1, 0.15) is 45.7 Å². The molecular formula is C26H25N3O7. The summed E-state index contributed by atoms with van der Waals surface area (Å²) in [6.45, 7) is 6.26. The Morgan fingerprint density at radius 1 is 0.972 bits per heavy atom. The maximum atomic E-state index is 12.9. The number of hydrogen-bond acceptors (Lipinski definition) is 8. The predicted octanol–water partition coefficient (Wildman–Crippen LogP) is 4.68. The first kappa shape index (κ1) is 25.9. The molecule has 0 radical (unpaired) electrons. The summed E-state index contributed by atoms with van der Waals surface area (Å²) < 4.78 is 16.5. The van der Waals surface area contributed by atoms with Gasteiger partial charge in [-0.3, -0.25) is 14.9 Å². The molecule has 0 fully saturated rings. The molecule has 1 N–H and O–H groups in total. The lowest BCUT2D eigenvalue weighted by Crippen LogP contribution is -2.17. The molecule has 1 amide bonds. The summed E-state index contributed by atoms with van der Waals surface area (Å²) in [5.74, 6) is -0.817. The minimum Gasteiger partial charge on any atom is -0.490 e. The van der Waals surface area contributed by atoms with Crippen LogP contribution < -0.4 is 19.6 Å². The van der Waals surface area contributed by atoms with Crippen LogP contribution in [-0.4, -0.2) is 36.2 Å². The molecule has 0 bridgehead atoms. The van der Waals surface area contributed by atoms with Crippen LogP contribution in [0.4, 0.5) is 5.69 Å². The lowest BCUT2D eigenvalue weighted by atomic mass is 10.1. The van der Waals surface area contributed by atoms with Gasteiger partial charge in [-0.25, -0.2) is 10.2 Å². The van der Waals surface area contributed by atoms with Crippen molar-refractivity contribution < 1.29 is 28.7 Å². The third-order valence-electron chi connectivity index (χ3n) is 4.88. The Morgan fingerprint density at radius 3 is 2.31 bits per heavy atom. The third kappa shape index (κ3) is 6.44. The number of hydrazone groups is 1. The number of hydrogen-bond donors (Lipinski definition) is 1. The van der Waals surface area contributed by atoms with Crippen molar-refractivity contribution >= 4 is 23.8 Å². The molecule has 0 saturated carbocycles. The summed E-state index contributed by atoms with van der Waals surface area (Å²) in [5.41, 5.74) is 3.54. The molecule has 0 unspecified atom stereocenters. The van der Waals surface area contributed by atoms with Gasteiger partial charge in [-0.2, -0.15) is 5.10 Å². The van der Waals surface area contributed by atoms with Gasteiger partial charge in [0.1, 0.15) is 0 Å². The fraction of sp³-hybridized carbons (Fsp3) is 0.192. The molecule has 10 nitrogen and oxygen atoms in total. The molecule has 3 aromatic carbocycles. The normalized spacial score (nSPS) is 10.6. The molecule has 186 valence electrons. The quantitative estimate of drug-likeness (QED) is 0.143. The summed E-state index contributed by atoms with van der Waals surface area (Å²) in [7, 11) is 0. The van der Waals surface area contributed by atoms with Crippen LogP contribution in [0, 0.1) is 17.0 Å². The second-order valence-electron chi connectivity index (χ2n) is 7.43. The largest absolute Gasteiger partial charge is 0.490 e. The monoisotopic (exact) mass is 491 g/mol. The Hall–Kier alpha value is -4.73. The molecule has 3 aromatic rings. The van der Waals surface area contributed by atoms with Crippen molar-refractivity contribution in [3.8, 4) is 17.2 Å². The Bertz CT molecular complexity index is 1290. The highest BCUT2D eigenvalue weighted by atomic mass is 16.6. The average molecular weight is 492 g/mol. The van der Waals surface area contributed by atoms with E-state index in [2.05, 4.69) is 10.5 Å². The van der Waals surface area contributed by atoms with E-state index in [-0.39, 0.29) is 16.9 Å². The number of rotatable bonds is 10. The molecule has 0 saturated heterocycles. The van der Waals surface area contributed by atoms with Crippen molar-refractivity contribution in [1.82, 2.24) is 5.43 Å². The standard InChI is InChI=1S/C26H25N3O7/c1-4-34-22-14-13-19(15-23(22)35-5-2)26(31)36-24-20(7-6-8-21(24)29(32)33)16-27-28-25(30)18-11-9-17(3)10-12-18/h6-16H,4-5H2,1-3H3,(H,28,30)/b27-16+. The topological polar surface area (TPSA) is 129 Å². The van der Waals surface area contributed by atoms with E-state index in [1.165, 1.54) is 36.5 Å². The number of nitrogens with zero attached hydrogens (tertiary/aromatic N) is 2. The summed E-state index contributed by atoms with van der Waals surface area (Å²) in [5, 5.41) is 15.5. The highest BCUT2D eigenvalue weighted by Crippen LogP contribution is 2.32. The van der Waals surface area contributed by atoms with Crippen LogP contribution in [0.3, 0.4) is 0 Å². The van der Waals surface area contributed by atoms with Crippen LogP contribution in [-0.2, 0) is 0 Å². The van der Waals surface area contributed by atoms with E-state index < -0.39 is 22.5 Å². The Balaban J connectivity index is 1.86. The van der Waals surface area contributed by atoms with E-state index in [4.69, 9.17) is 14.2 Å². The van der Waals surface area contributed by atoms with Gasteiger partial charge in [-0.15, -0.1) is 0 Å². The van der Waals surface area contributed by atoms with Crippen LogP contribution in [0.25, 0.3) is 0 Å². The van der Waals surface area contributed by atoms with E-state index in [0.29, 0.717) is 30.3 Å². The molecule has 0 spiro atoms. The molecule has 3 rings (SSSR count). The van der Waals surface area contributed by atoms with Gasteiger partial charge in [-0.05, 0) is 57.2 Å². The average Bonchev–Trinajstić information content (AvgIpc) is 2.86. The number of carbonyl (C=O) groups is 2. The maximum Gasteiger partial charge on any atom is 0.343 e. The first-order chi connectivity index (χ1) is 17.3. The zero-order chi connectivity index (χ0) is 26.1. The highest BCUT2D eigenvalue weighted by molar-refractivity contribution is 5.97. The van der Waals surface area contributed by atoms with Crippen molar-refractivity contribution in [1.29, 1.82) is 0 Å². The molecule has 36 heavy (non-hydrogen) atoms. The van der Waals surface area contributed by atoms with Crippen LogP contribution in [0.5, 0.6) is 17.2 Å². The van der Waals surface area contributed by atoms with Crippen molar-refractivity contribution in [3.63, 3.8) is 0 Å². The Kier molecular flexibility index (Phi) is 8.71. The first-order valence-electron chi connectivity index (χ1n) is 11.1. The fourth-order valence-corrected chi connectivity index (χ4v) is 3.16. The number of esters is 1. The van der Waals surface area contributed by atoms with Crippen LogP contribution in [0.15, 0.2) is 65.8 Å². The number of aryl methyl sites for hydroxylation is 1. The maximum absolute atomic E-state index is 12.9. The molecule has 10 heteroatoms. The predicted molar refractivity (Wildman–Crippen MR) is 133 cm³/mol. The van der Waals surface area contributed by atoms with Crippen LogP contribution in [0.2, 0.25) is 0 Å². The zero-order valence-electron chi connectivity index (χ0n) is 20.0. The number of para-hydroxylation sites is 1. The number of nitrogens with one attached hydrogen (secondary N) is 1. The van der Waals surface area contributed by atoms with Gasteiger partial charge < -0.3 is 14.2 Å².